The molecule has 0 spiro atoms. The quantitative estimate of drug-likeness (QED) is 0.812. The molecule has 0 aromatic heterocycles. The Morgan fingerprint density at radius 2 is 1.71 bits per heavy atom. The van der Waals surface area contributed by atoms with Gasteiger partial charge in [-0.2, -0.15) is 4.72 Å². The van der Waals surface area contributed by atoms with E-state index >= 15 is 0 Å². The Kier molecular flexibility index (Phi) is 5.69. The lowest BCUT2D eigenvalue weighted by Gasteiger charge is -2.18. The Labute approximate surface area is 140 Å². The molecule has 1 N–H and O–H groups in total. The highest BCUT2D eigenvalue weighted by molar-refractivity contribution is 7.89. The summed E-state index contributed by atoms with van der Waals surface area (Å²) in [6.07, 6.45) is 0. The minimum atomic E-state index is -3.94. The molecule has 0 amide bonds. The maximum Gasteiger partial charge on any atom is 0.328 e. The molecule has 1 unspecified atom stereocenters. The number of carbonyl (C=O) groups excluding carboxylic acids is 1. The molecule has 2 aromatic rings. The van der Waals surface area contributed by atoms with Gasteiger partial charge in [-0.05, 0) is 43.7 Å². The van der Waals surface area contributed by atoms with Crippen LogP contribution in [0, 0.1) is 12.7 Å². The van der Waals surface area contributed by atoms with Crippen molar-refractivity contribution in [2.24, 2.45) is 0 Å². The van der Waals surface area contributed by atoms with Crippen LogP contribution in [0.15, 0.2) is 53.4 Å². The van der Waals surface area contributed by atoms with Crippen LogP contribution in [0.3, 0.4) is 0 Å². The van der Waals surface area contributed by atoms with Gasteiger partial charge in [0.1, 0.15) is 11.9 Å². The van der Waals surface area contributed by atoms with Gasteiger partial charge < -0.3 is 4.74 Å². The molecule has 0 heterocycles. The van der Waals surface area contributed by atoms with E-state index in [1.165, 1.54) is 24.3 Å². The van der Waals surface area contributed by atoms with Crippen LogP contribution in [0.25, 0.3) is 0 Å². The third kappa shape index (κ3) is 4.39. The molecule has 0 saturated carbocycles. The van der Waals surface area contributed by atoms with Gasteiger partial charge in [0, 0.05) is 0 Å². The van der Waals surface area contributed by atoms with Crippen molar-refractivity contribution in [1.82, 2.24) is 4.72 Å². The Hall–Kier alpha value is -2.25. The zero-order chi connectivity index (χ0) is 17.7. The van der Waals surface area contributed by atoms with Crippen LogP contribution in [-0.2, 0) is 19.6 Å². The minimum Gasteiger partial charge on any atom is -0.465 e. The van der Waals surface area contributed by atoms with Crippen LogP contribution in [0.1, 0.15) is 24.1 Å². The van der Waals surface area contributed by atoms with Crippen LogP contribution in [0.2, 0.25) is 0 Å². The summed E-state index contributed by atoms with van der Waals surface area (Å²) in [5.74, 6) is -1.23. The molecular weight excluding hydrogens is 333 g/mol. The first kappa shape index (κ1) is 18.1. The normalized spacial score (nSPS) is 12.6. The molecule has 2 aromatic carbocycles. The number of benzene rings is 2. The topological polar surface area (TPSA) is 72.5 Å². The lowest BCUT2D eigenvalue weighted by Crippen LogP contribution is -2.35. The third-order valence-corrected chi connectivity index (χ3v) is 4.77. The highest BCUT2D eigenvalue weighted by atomic mass is 32.2. The monoisotopic (exact) mass is 351 g/mol. The number of carbonyl (C=O) groups is 1. The van der Waals surface area contributed by atoms with Crippen LogP contribution < -0.4 is 4.72 Å². The summed E-state index contributed by atoms with van der Waals surface area (Å²) in [5.41, 5.74) is 1.21. The van der Waals surface area contributed by atoms with Gasteiger partial charge in [0.25, 0.3) is 0 Å². The van der Waals surface area contributed by atoms with Crippen molar-refractivity contribution >= 4 is 16.0 Å². The highest BCUT2D eigenvalue weighted by Gasteiger charge is 2.28. The van der Waals surface area contributed by atoms with E-state index in [2.05, 4.69) is 4.72 Å². The van der Waals surface area contributed by atoms with Gasteiger partial charge in [-0.25, -0.2) is 17.6 Å². The van der Waals surface area contributed by atoms with Gasteiger partial charge in [0.15, 0.2) is 0 Å². The fraction of sp³-hybridized carbons (Fsp3) is 0.235. The van der Waals surface area contributed by atoms with Gasteiger partial charge in [-0.1, -0.05) is 29.8 Å². The molecule has 24 heavy (non-hydrogen) atoms. The molecule has 0 bridgehead atoms. The predicted octanol–water partition coefficient (Wildman–Crippen LogP) is 2.72. The maximum atomic E-state index is 13.1. The summed E-state index contributed by atoms with van der Waals surface area (Å²) in [7, 11) is -3.94. The molecule has 0 aliphatic carbocycles. The van der Waals surface area contributed by atoms with Crippen molar-refractivity contribution in [2.45, 2.75) is 24.8 Å². The number of hydrogen-bond acceptors (Lipinski definition) is 4. The first-order chi connectivity index (χ1) is 11.3. The van der Waals surface area contributed by atoms with E-state index in [9.17, 15) is 17.6 Å². The number of sulfonamides is 1. The summed E-state index contributed by atoms with van der Waals surface area (Å²) in [5, 5.41) is 0. The molecule has 128 valence electrons. The van der Waals surface area contributed by atoms with Crippen molar-refractivity contribution in [3.63, 3.8) is 0 Å². The van der Waals surface area contributed by atoms with E-state index in [0.29, 0.717) is 5.56 Å². The molecule has 5 nitrogen and oxygen atoms in total. The first-order valence-corrected chi connectivity index (χ1v) is 8.83. The third-order valence-electron chi connectivity index (χ3n) is 3.33. The van der Waals surface area contributed by atoms with E-state index in [4.69, 9.17) is 4.74 Å². The number of esters is 1. The minimum absolute atomic E-state index is 0.0320. The van der Waals surface area contributed by atoms with Gasteiger partial charge in [0.05, 0.1) is 11.5 Å². The molecule has 0 aliphatic heterocycles. The second-order valence-electron chi connectivity index (χ2n) is 5.17. The van der Waals surface area contributed by atoms with E-state index in [1.54, 1.807) is 19.1 Å². The van der Waals surface area contributed by atoms with Gasteiger partial charge in [-0.15, -0.1) is 0 Å². The predicted molar refractivity (Wildman–Crippen MR) is 87.3 cm³/mol. The molecule has 0 radical (unpaired) electrons. The van der Waals surface area contributed by atoms with Gasteiger partial charge in [0.2, 0.25) is 10.0 Å². The molecule has 1 atom stereocenters. The fourth-order valence-corrected chi connectivity index (χ4v) is 3.25. The van der Waals surface area contributed by atoms with Crippen molar-refractivity contribution in [3.05, 3.63) is 65.5 Å². The van der Waals surface area contributed by atoms with Crippen molar-refractivity contribution in [3.8, 4) is 0 Å². The SMILES string of the molecule is CCOC(=O)C(NS(=O)(=O)c1ccc(C)cc1)c1ccc(F)cc1. The summed E-state index contributed by atoms with van der Waals surface area (Å²) >= 11 is 0. The molecule has 2 rings (SSSR count). The van der Waals surface area contributed by atoms with E-state index in [1.807, 2.05) is 6.92 Å². The number of halogens is 1. The van der Waals surface area contributed by atoms with Gasteiger partial charge in [-0.3, -0.25) is 0 Å². The largest absolute Gasteiger partial charge is 0.465 e. The molecule has 7 heteroatoms. The molecule has 0 aliphatic rings. The summed E-state index contributed by atoms with van der Waals surface area (Å²) in [4.78, 5) is 12.2. The smallest absolute Gasteiger partial charge is 0.328 e. The van der Waals surface area contributed by atoms with Crippen molar-refractivity contribution in [1.29, 1.82) is 0 Å². The summed E-state index contributed by atoms with van der Waals surface area (Å²) in [6.45, 7) is 3.56. The average molecular weight is 351 g/mol. The number of ether oxygens (including phenoxy) is 1. The number of nitrogens with one attached hydrogen (secondary N) is 1. The first-order valence-electron chi connectivity index (χ1n) is 7.34. The van der Waals surface area contributed by atoms with E-state index in [-0.39, 0.29) is 11.5 Å². The standard InChI is InChI=1S/C17H18FNO4S/c1-3-23-17(20)16(13-6-8-14(18)9-7-13)19-24(21,22)15-10-4-12(2)5-11-15/h4-11,16,19H,3H2,1-2H3. The maximum absolute atomic E-state index is 13.1. The Morgan fingerprint density at radius 3 is 2.25 bits per heavy atom. The second kappa shape index (κ2) is 7.55. The Balaban J connectivity index is 2.35. The molecular formula is C17H18FNO4S. The lowest BCUT2D eigenvalue weighted by molar-refractivity contribution is -0.145. The van der Waals surface area contributed by atoms with Crippen LogP contribution in [0.4, 0.5) is 4.39 Å². The number of hydrogen-bond donors (Lipinski definition) is 1. The van der Waals surface area contributed by atoms with Crippen LogP contribution >= 0.6 is 0 Å². The van der Waals surface area contributed by atoms with Crippen molar-refractivity contribution in [2.75, 3.05) is 6.61 Å². The fourth-order valence-electron chi connectivity index (χ4n) is 2.07. The van der Waals surface area contributed by atoms with Crippen LogP contribution in [-0.4, -0.2) is 21.0 Å². The Bertz CT molecular complexity index is 801. The number of rotatable bonds is 6. The summed E-state index contributed by atoms with van der Waals surface area (Å²) in [6, 6.07) is 9.95. The summed E-state index contributed by atoms with van der Waals surface area (Å²) < 4.78 is 45.4. The Morgan fingerprint density at radius 1 is 1.12 bits per heavy atom. The lowest BCUT2D eigenvalue weighted by atomic mass is 10.1. The average Bonchev–Trinajstić information content (AvgIpc) is 2.54. The van der Waals surface area contributed by atoms with Crippen LogP contribution in [0.5, 0.6) is 0 Å². The van der Waals surface area contributed by atoms with E-state index < -0.39 is 27.9 Å². The zero-order valence-corrected chi connectivity index (χ0v) is 14.1. The van der Waals surface area contributed by atoms with Gasteiger partial charge >= 0.3 is 5.97 Å². The van der Waals surface area contributed by atoms with E-state index in [0.717, 1.165) is 17.7 Å². The zero-order valence-electron chi connectivity index (χ0n) is 13.3. The van der Waals surface area contributed by atoms with Crippen molar-refractivity contribution < 1.29 is 22.3 Å². The molecule has 0 fully saturated rings. The molecule has 0 saturated heterocycles. The highest BCUT2D eigenvalue weighted by Crippen LogP contribution is 2.20. The number of aryl methyl sites for hydroxylation is 1. The second-order valence-corrected chi connectivity index (χ2v) is 6.88.